The van der Waals surface area contributed by atoms with Crippen LogP contribution in [0, 0.1) is 11.8 Å². The molecule has 2 aliphatic heterocycles. The zero-order valence-electron chi connectivity index (χ0n) is 15.2. The quantitative estimate of drug-likeness (QED) is 0.250. The average molecular weight is 369 g/mol. The molecule has 0 spiro atoms. The number of hydrogen-bond acceptors (Lipinski definition) is 9. The fourth-order valence-electron chi connectivity index (χ4n) is 2.29. The highest BCUT2D eigenvalue weighted by atomic mass is 16.5. The number of carbonyl (C=O) groups excluding carboxylic acids is 2. The van der Waals surface area contributed by atoms with Gasteiger partial charge in [0.2, 0.25) is 0 Å². The summed E-state index contributed by atoms with van der Waals surface area (Å²) < 4.78 is 14.8. The molecule has 0 aromatic heterocycles. The molecule has 2 rings (SSSR count). The van der Waals surface area contributed by atoms with E-state index in [9.17, 15) is 9.59 Å². The maximum Gasteiger partial charge on any atom is 0.308 e. The van der Waals surface area contributed by atoms with Gasteiger partial charge in [-0.15, -0.1) is 0 Å². The van der Waals surface area contributed by atoms with Crippen LogP contribution in [0.3, 0.4) is 0 Å². The molecule has 2 aliphatic rings. The van der Waals surface area contributed by atoms with Crippen LogP contribution in [-0.4, -0.2) is 69.5 Å². The Bertz CT molecular complexity index is 278. The number of methoxy groups -OCH3 is 1. The van der Waals surface area contributed by atoms with Gasteiger partial charge in [-0.1, -0.05) is 0 Å². The van der Waals surface area contributed by atoms with Gasteiger partial charge in [-0.3, -0.25) is 21.3 Å². The summed E-state index contributed by atoms with van der Waals surface area (Å²) >= 11 is 0. The molecule has 0 amide bonds. The number of nitrogens with two attached hydrogens (primary N) is 3. The summed E-state index contributed by atoms with van der Waals surface area (Å²) in [6.07, 6.45) is 3.34. The molecule has 0 unspecified atom stereocenters. The number of ketones is 1. The molecule has 0 aliphatic carbocycles. The number of carbonyl (C=O) groups is 2. The van der Waals surface area contributed by atoms with Crippen LogP contribution in [0.5, 0.6) is 0 Å². The van der Waals surface area contributed by atoms with Gasteiger partial charge in [0.25, 0.3) is 0 Å². The standard InChI is InChI=1S/C7H13NO2.C7H12O3.CH4O.H4N2.H2O/c8-5-7(9)6-1-3-10-4-2-6;1-9-7(8)6-2-4-10-5-3-6;2*1-2;/h6H,1-5,8H2;6H,2-5H2,1H3;2H,1H3;1-2H2;1H2. The first-order valence-electron chi connectivity index (χ1n) is 7.93. The van der Waals surface area contributed by atoms with Crippen molar-refractivity contribution in [1.82, 2.24) is 0 Å². The molecule has 152 valence electrons. The zero-order chi connectivity index (χ0) is 18.8. The van der Waals surface area contributed by atoms with Crippen LogP contribution in [0.1, 0.15) is 25.7 Å². The number of hydrogen-bond donors (Lipinski definition) is 4. The molecular formula is C15H35N3O7. The summed E-state index contributed by atoms with van der Waals surface area (Å²) in [7, 11) is 2.43. The van der Waals surface area contributed by atoms with E-state index in [1.165, 1.54) is 7.11 Å². The fourth-order valence-corrected chi connectivity index (χ4v) is 2.29. The van der Waals surface area contributed by atoms with E-state index < -0.39 is 0 Å². The lowest BCUT2D eigenvalue weighted by atomic mass is 9.96. The first-order chi connectivity index (χ1) is 11.7. The number of ether oxygens (including phenoxy) is 3. The predicted octanol–water partition coefficient (Wildman–Crippen LogP) is -1.87. The fraction of sp³-hybridized carbons (Fsp3) is 0.867. The third kappa shape index (κ3) is 13.8. The predicted molar refractivity (Wildman–Crippen MR) is 93.3 cm³/mol. The monoisotopic (exact) mass is 369 g/mol. The molecule has 2 saturated heterocycles. The van der Waals surface area contributed by atoms with E-state index in [1.54, 1.807) is 0 Å². The first-order valence-corrected chi connectivity index (χ1v) is 7.93. The van der Waals surface area contributed by atoms with E-state index >= 15 is 0 Å². The number of Topliss-reactive ketones (excluding diaryl/α,β-unsaturated/α-hetero) is 1. The minimum atomic E-state index is -0.0942. The van der Waals surface area contributed by atoms with Crippen molar-refractivity contribution in [1.29, 1.82) is 0 Å². The van der Waals surface area contributed by atoms with Crippen molar-refractivity contribution in [2.24, 2.45) is 29.3 Å². The molecular weight excluding hydrogens is 334 g/mol. The molecule has 0 aromatic rings. The molecule has 0 atom stereocenters. The van der Waals surface area contributed by atoms with E-state index in [-0.39, 0.29) is 35.6 Å². The van der Waals surface area contributed by atoms with E-state index in [2.05, 4.69) is 16.4 Å². The second kappa shape index (κ2) is 20.9. The van der Waals surface area contributed by atoms with Gasteiger partial charge in [0, 0.05) is 39.5 Å². The molecule has 25 heavy (non-hydrogen) atoms. The Balaban J connectivity index is -0.000000312. The van der Waals surface area contributed by atoms with Crippen LogP contribution in [0.25, 0.3) is 0 Å². The van der Waals surface area contributed by atoms with E-state index in [1.807, 2.05) is 0 Å². The van der Waals surface area contributed by atoms with Crippen molar-refractivity contribution >= 4 is 11.8 Å². The average Bonchev–Trinajstić information content (AvgIpc) is 2.71. The van der Waals surface area contributed by atoms with Crippen molar-refractivity contribution in [3.63, 3.8) is 0 Å². The molecule has 0 bridgehead atoms. The molecule has 2 fully saturated rings. The van der Waals surface area contributed by atoms with Crippen molar-refractivity contribution in [2.75, 3.05) is 47.2 Å². The second-order valence-electron chi connectivity index (χ2n) is 4.97. The highest BCUT2D eigenvalue weighted by molar-refractivity contribution is 5.82. The number of aliphatic hydroxyl groups is 1. The van der Waals surface area contributed by atoms with Gasteiger partial charge >= 0.3 is 5.97 Å². The van der Waals surface area contributed by atoms with E-state index in [4.69, 9.17) is 20.3 Å². The number of esters is 1. The molecule has 0 aromatic carbocycles. The maximum absolute atomic E-state index is 11.0. The van der Waals surface area contributed by atoms with Gasteiger partial charge in [-0.05, 0) is 25.7 Å². The topological polar surface area (TPSA) is 192 Å². The third-order valence-corrected chi connectivity index (χ3v) is 3.63. The summed E-state index contributed by atoms with van der Waals surface area (Å²) in [6, 6.07) is 0. The van der Waals surface area contributed by atoms with E-state index in [0.29, 0.717) is 13.2 Å². The Morgan fingerprint density at radius 3 is 1.64 bits per heavy atom. The zero-order valence-corrected chi connectivity index (χ0v) is 15.2. The minimum absolute atomic E-state index is 0. The molecule has 0 radical (unpaired) electrons. The van der Waals surface area contributed by atoms with Gasteiger partial charge in [0.15, 0.2) is 0 Å². The summed E-state index contributed by atoms with van der Waals surface area (Å²) in [5.74, 6) is 8.35. The number of rotatable bonds is 3. The van der Waals surface area contributed by atoms with Crippen LogP contribution in [0.2, 0.25) is 0 Å². The molecule has 2 heterocycles. The summed E-state index contributed by atoms with van der Waals surface area (Å²) in [6.45, 7) is 3.01. The maximum atomic E-state index is 11.0. The molecule has 0 saturated carbocycles. The highest BCUT2D eigenvalue weighted by Crippen LogP contribution is 2.15. The minimum Gasteiger partial charge on any atom is -0.469 e. The lowest BCUT2D eigenvalue weighted by molar-refractivity contribution is -0.148. The largest absolute Gasteiger partial charge is 0.469 e. The molecule has 10 nitrogen and oxygen atoms in total. The van der Waals surface area contributed by atoms with Crippen LogP contribution >= 0.6 is 0 Å². The molecule has 10 heteroatoms. The smallest absolute Gasteiger partial charge is 0.308 e. The highest BCUT2D eigenvalue weighted by Gasteiger charge is 2.21. The summed E-state index contributed by atoms with van der Waals surface area (Å²) in [5, 5.41) is 7.00. The van der Waals surface area contributed by atoms with E-state index in [0.717, 1.165) is 46.0 Å². The van der Waals surface area contributed by atoms with Crippen LogP contribution in [0.4, 0.5) is 0 Å². The second-order valence-corrected chi connectivity index (χ2v) is 4.97. The Morgan fingerprint density at radius 1 is 0.960 bits per heavy atom. The summed E-state index contributed by atoms with van der Waals surface area (Å²) in [5.41, 5.74) is 5.21. The SMILES string of the molecule is CO.COC(=O)C1CCOCC1.NCC(=O)C1CCOCC1.NN.O. The van der Waals surface area contributed by atoms with Crippen LogP contribution < -0.4 is 17.4 Å². The van der Waals surface area contributed by atoms with Gasteiger partial charge in [0.1, 0.15) is 5.78 Å². The van der Waals surface area contributed by atoms with Crippen molar-refractivity contribution in [2.45, 2.75) is 25.7 Å². The normalized spacial score (nSPS) is 17.0. The Kier molecular flexibility index (Phi) is 24.0. The van der Waals surface area contributed by atoms with Gasteiger partial charge in [0.05, 0.1) is 19.6 Å². The summed E-state index contributed by atoms with van der Waals surface area (Å²) in [4.78, 5) is 21.9. The molecule has 9 N–H and O–H groups in total. The lowest BCUT2D eigenvalue weighted by Crippen LogP contribution is -2.28. The Hall–Kier alpha value is -1.14. The Labute approximate surface area is 149 Å². The van der Waals surface area contributed by atoms with Gasteiger partial charge in [-0.2, -0.15) is 0 Å². The van der Waals surface area contributed by atoms with Gasteiger partial charge in [-0.25, -0.2) is 0 Å². The van der Waals surface area contributed by atoms with Crippen LogP contribution in [-0.2, 0) is 23.8 Å². The number of hydrazine groups is 1. The van der Waals surface area contributed by atoms with Crippen molar-refractivity contribution in [3.8, 4) is 0 Å². The van der Waals surface area contributed by atoms with Crippen molar-refractivity contribution in [3.05, 3.63) is 0 Å². The first kappa shape index (κ1) is 28.7. The third-order valence-electron chi connectivity index (χ3n) is 3.63. The lowest BCUT2D eigenvalue weighted by Gasteiger charge is -2.19. The Morgan fingerprint density at radius 2 is 1.32 bits per heavy atom. The van der Waals surface area contributed by atoms with Crippen molar-refractivity contribution < 1.29 is 34.4 Å². The van der Waals surface area contributed by atoms with Gasteiger partial charge < -0.3 is 30.5 Å². The van der Waals surface area contributed by atoms with Crippen LogP contribution in [0.15, 0.2) is 0 Å². The number of aliphatic hydroxyl groups excluding tert-OH is 1.